The minimum atomic E-state index is -0.0883. The Kier molecular flexibility index (Phi) is 6.65. The van der Waals surface area contributed by atoms with Gasteiger partial charge in [-0.05, 0) is 45.2 Å². The summed E-state index contributed by atoms with van der Waals surface area (Å²) in [5.74, 6) is 1.45. The van der Waals surface area contributed by atoms with Crippen LogP contribution in [0.1, 0.15) is 39.2 Å². The second-order valence-corrected chi connectivity index (χ2v) is 5.89. The van der Waals surface area contributed by atoms with E-state index in [4.69, 9.17) is 9.47 Å². The first-order chi connectivity index (χ1) is 11.1. The van der Waals surface area contributed by atoms with Crippen LogP contribution in [0, 0.1) is 0 Å². The van der Waals surface area contributed by atoms with E-state index in [0.29, 0.717) is 19.0 Å². The van der Waals surface area contributed by atoms with Crippen LogP contribution in [0.25, 0.3) is 0 Å². The van der Waals surface area contributed by atoms with Crippen LogP contribution in [0.2, 0.25) is 0 Å². The van der Waals surface area contributed by atoms with Gasteiger partial charge in [0.15, 0.2) is 5.96 Å². The first-order valence-electron chi connectivity index (χ1n) is 8.39. The van der Waals surface area contributed by atoms with Crippen molar-refractivity contribution in [3.63, 3.8) is 0 Å². The zero-order chi connectivity index (χ0) is 16.5. The van der Waals surface area contributed by atoms with Gasteiger partial charge in [-0.2, -0.15) is 0 Å². The van der Waals surface area contributed by atoms with Crippen LogP contribution in [0.5, 0.6) is 5.88 Å². The topological polar surface area (TPSA) is 67.8 Å². The number of nitrogens with zero attached hydrogens (tertiary/aromatic N) is 2. The molecule has 0 aliphatic carbocycles. The summed E-state index contributed by atoms with van der Waals surface area (Å²) in [5, 5.41) is 6.65. The molecule has 0 radical (unpaired) electrons. The van der Waals surface area contributed by atoms with Crippen LogP contribution in [0.15, 0.2) is 23.3 Å². The van der Waals surface area contributed by atoms with E-state index >= 15 is 0 Å². The van der Waals surface area contributed by atoms with Crippen LogP contribution >= 0.6 is 0 Å². The van der Waals surface area contributed by atoms with Crippen molar-refractivity contribution in [1.82, 2.24) is 15.6 Å². The number of guanidine groups is 1. The Bertz CT molecular complexity index is 513. The van der Waals surface area contributed by atoms with Gasteiger partial charge in [0, 0.05) is 32.0 Å². The fourth-order valence-electron chi connectivity index (χ4n) is 2.53. The van der Waals surface area contributed by atoms with Crippen LogP contribution in [0.4, 0.5) is 0 Å². The van der Waals surface area contributed by atoms with Crippen molar-refractivity contribution in [2.24, 2.45) is 4.99 Å². The maximum Gasteiger partial charge on any atom is 0.213 e. The maximum atomic E-state index is 5.80. The molecule has 0 spiro atoms. The molecule has 6 heteroatoms. The molecule has 0 amide bonds. The normalized spacial score (nSPS) is 21.3. The van der Waals surface area contributed by atoms with Crippen molar-refractivity contribution in [3.05, 3.63) is 23.9 Å². The standard InChI is InChI=1S/C17H28N4O2/c1-4-18-16(21-13-17(3)8-6-10-23-17)20-12-14-7-9-19-15(11-14)22-5-2/h7,9,11H,4-6,8,10,12-13H2,1-3H3,(H2,18,20,21). The van der Waals surface area contributed by atoms with Crippen LogP contribution in [-0.4, -0.2) is 42.8 Å². The van der Waals surface area contributed by atoms with E-state index < -0.39 is 0 Å². The second-order valence-electron chi connectivity index (χ2n) is 5.89. The van der Waals surface area contributed by atoms with E-state index in [2.05, 4.69) is 34.5 Å². The zero-order valence-electron chi connectivity index (χ0n) is 14.4. The molecular weight excluding hydrogens is 292 g/mol. The van der Waals surface area contributed by atoms with Gasteiger partial charge in [0.2, 0.25) is 5.88 Å². The number of pyridine rings is 1. The largest absolute Gasteiger partial charge is 0.478 e. The summed E-state index contributed by atoms with van der Waals surface area (Å²) in [7, 11) is 0. The monoisotopic (exact) mass is 320 g/mol. The summed E-state index contributed by atoms with van der Waals surface area (Å²) in [6.45, 7) is 9.79. The highest BCUT2D eigenvalue weighted by Crippen LogP contribution is 2.23. The van der Waals surface area contributed by atoms with Crippen molar-refractivity contribution < 1.29 is 9.47 Å². The minimum absolute atomic E-state index is 0.0883. The van der Waals surface area contributed by atoms with Gasteiger partial charge in [-0.1, -0.05) is 0 Å². The molecule has 1 aromatic heterocycles. The van der Waals surface area contributed by atoms with Crippen LogP contribution in [0.3, 0.4) is 0 Å². The van der Waals surface area contributed by atoms with Gasteiger partial charge in [0.1, 0.15) is 0 Å². The van der Waals surface area contributed by atoms with E-state index in [9.17, 15) is 0 Å². The van der Waals surface area contributed by atoms with Crippen molar-refractivity contribution in [2.75, 3.05) is 26.3 Å². The molecule has 2 rings (SSSR count). The van der Waals surface area contributed by atoms with Gasteiger partial charge in [0.25, 0.3) is 0 Å². The molecule has 0 bridgehead atoms. The average Bonchev–Trinajstić information content (AvgIpc) is 2.98. The number of aromatic nitrogens is 1. The SMILES string of the molecule is CCNC(=NCc1ccnc(OCC)c1)NCC1(C)CCCO1. The number of ether oxygens (including phenoxy) is 2. The van der Waals surface area contributed by atoms with Gasteiger partial charge in [-0.15, -0.1) is 0 Å². The van der Waals surface area contributed by atoms with E-state index in [1.807, 2.05) is 19.1 Å². The molecule has 128 valence electrons. The van der Waals surface area contributed by atoms with E-state index in [0.717, 1.165) is 44.1 Å². The van der Waals surface area contributed by atoms with Crippen molar-refractivity contribution >= 4 is 5.96 Å². The predicted octanol–water partition coefficient (Wildman–Crippen LogP) is 2.10. The molecule has 1 aliphatic rings. The Morgan fingerprint density at radius 1 is 1.43 bits per heavy atom. The molecule has 1 unspecified atom stereocenters. The predicted molar refractivity (Wildman–Crippen MR) is 91.8 cm³/mol. The molecule has 1 saturated heterocycles. The van der Waals surface area contributed by atoms with E-state index in [-0.39, 0.29) is 5.60 Å². The molecule has 6 nitrogen and oxygen atoms in total. The van der Waals surface area contributed by atoms with Crippen molar-refractivity contribution in [3.8, 4) is 5.88 Å². The number of nitrogens with one attached hydrogen (secondary N) is 2. The Morgan fingerprint density at radius 2 is 2.30 bits per heavy atom. The lowest BCUT2D eigenvalue weighted by molar-refractivity contribution is 0.0243. The number of aliphatic imine (C=N–C) groups is 1. The number of hydrogen-bond acceptors (Lipinski definition) is 4. The van der Waals surface area contributed by atoms with Gasteiger partial charge >= 0.3 is 0 Å². The summed E-state index contributed by atoms with van der Waals surface area (Å²) in [6, 6.07) is 3.88. The molecule has 1 fully saturated rings. The highest BCUT2D eigenvalue weighted by Gasteiger charge is 2.29. The van der Waals surface area contributed by atoms with E-state index in [1.165, 1.54) is 0 Å². The van der Waals surface area contributed by atoms with Crippen molar-refractivity contribution in [1.29, 1.82) is 0 Å². The Balaban J connectivity index is 1.93. The second kappa shape index (κ2) is 8.72. The van der Waals surface area contributed by atoms with E-state index in [1.54, 1.807) is 6.20 Å². The Morgan fingerprint density at radius 3 is 3.00 bits per heavy atom. The van der Waals surface area contributed by atoms with Gasteiger partial charge in [-0.3, -0.25) is 0 Å². The number of rotatable bonds is 7. The molecule has 1 aromatic rings. The molecular formula is C17H28N4O2. The number of hydrogen-bond donors (Lipinski definition) is 2. The third kappa shape index (κ3) is 5.71. The summed E-state index contributed by atoms with van der Waals surface area (Å²) >= 11 is 0. The summed E-state index contributed by atoms with van der Waals surface area (Å²) in [4.78, 5) is 8.80. The zero-order valence-corrected chi connectivity index (χ0v) is 14.4. The summed E-state index contributed by atoms with van der Waals surface area (Å²) in [6.07, 6.45) is 3.97. The highest BCUT2D eigenvalue weighted by molar-refractivity contribution is 5.79. The Labute approximate surface area is 138 Å². The molecule has 0 saturated carbocycles. The minimum Gasteiger partial charge on any atom is -0.478 e. The quantitative estimate of drug-likeness (QED) is 0.595. The molecule has 0 aromatic carbocycles. The summed E-state index contributed by atoms with van der Waals surface area (Å²) in [5.41, 5.74) is 0.985. The molecule has 23 heavy (non-hydrogen) atoms. The fraction of sp³-hybridized carbons (Fsp3) is 0.647. The van der Waals surface area contributed by atoms with Gasteiger partial charge in [0.05, 0.1) is 18.8 Å². The van der Waals surface area contributed by atoms with Gasteiger partial charge in [-0.25, -0.2) is 9.98 Å². The first kappa shape index (κ1) is 17.5. The van der Waals surface area contributed by atoms with Crippen LogP contribution < -0.4 is 15.4 Å². The first-order valence-corrected chi connectivity index (χ1v) is 8.39. The van der Waals surface area contributed by atoms with Crippen LogP contribution in [-0.2, 0) is 11.3 Å². The van der Waals surface area contributed by atoms with Gasteiger partial charge < -0.3 is 20.1 Å². The molecule has 1 aliphatic heterocycles. The lowest BCUT2D eigenvalue weighted by Gasteiger charge is -2.24. The molecule has 2 N–H and O–H groups in total. The lowest BCUT2D eigenvalue weighted by atomic mass is 10.0. The average molecular weight is 320 g/mol. The lowest BCUT2D eigenvalue weighted by Crippen LogP contribution is -2.45. The highest BCUT2D eigenvalue weighted by atomic mass is 16.5. The molecule has 2 heterocycles. The van der Waals surface area contributed by atoms with Crippen molar-refractivity contribution in [2.45, 2.75) is 45.8 Å². The molecule has 1 atom stereocenters. The third-order valence-corrected chi connectivity index (χ3v) is 3.79. The Hall–Kier alpha value is -1.82. The fourth-order valence-corrected chi connectivity index (χ4v) is 2.53. The maximum absolute atomic E-state index is 5.80. The summed E-state index contributed by atoms with van der Waals surface area (Å²) < 4.78 is 11.2. The third-order valence-electron chi connectivity index (χ3n) is 3.79. The smallest absolute Gasteiger partial charge is 0.213 e.